The van der Waals surface area contributed by atoms with Crippen LogP contribution in [-0.2, 0) is 11.0 Å². The van der Waals surface area contributed by atoms with E-state index in [1.807, 2.05) is 0 Å². The maximum Gasteiger partial charge on any atom is 0.418 e. The Morgan fingerprint density at radius 1 is 1.25 bits per heavy atom. The van der Waals surface area contributed by atoms with Gasteiger partial charge in [-0.15, -0.1) is 0 Å². The highest BCUT2D eigenvalue weighted by molar-refractivity contribution is 5.90. The van der Waals surface area contributed by atoms with E-state index in [0.717, 1.165) is 12.1 Å². The van der Waals surface area contributed by atoms with Crippen molar-refractivity contribution in [3.05, 3.63) is 23.8 Å². The first-order valence-electron chi connectivity index (χ1n) is 7.24. The van der Waals surface area contributed by atoms with Gasteiger partial charge in [-0.2, -0.15) is 13.2 Å². The maximum absolute atomic E-state index is 13.1. The number of anilines is 1. The average molecular weight is 347 g/mol. The van der Waals surface area contributed by atoms with E-state index in [1.165, 1.54) is 11.0 Å². The summed E-state index contributed by atoms with van der Waals surface area (Å²) >= 11 is 0. The van der Waals surface area contributed by atoms with Crippen LogP contribution < -0.4 is 15.4 Å². The fourth-order valence-electron chi connectivity index (χ4n) is 1.80. The molecule has 24 heavy (non-hydrogen) atoms. The van der Waals surface area contributed by atoms with Crippen molar-refractivity contribution < 1.29 is 27.5 Å². The van der Waals surface area contributed by atoms with Gasteiger partial charge in [0.1, 0.15) is 5.75 Å². The van der Waals surface area contributed by atoms with Crippen LogP contribution in [0.4, 0.5) is 23.7 Å². The number of amides is 3. The summed E-state index contributed by atoms with van der Waals surface area (Å²) in [6, 6.07) is 2.47. The van der Waals surface area contributed by atoms with Crippen molar-refractivity contribution in [3.8, 4) is 5.75 Å². The van der Waals surface area contributed by atoms with Gasteiger partial charge in [-0.3, -0.25) is 4.79 Å². The van der Waals surface area contributed by atoms with Crippen LogP contribution in [0, 0.1) is 0 Å². The summed E-state index contributed by atoms with van der Waals surface area (Å²) in [6.45, 7) is 1.90. The number of halogens is 3. The highest BCUT2D eigenvalue weighted by Crippen LogP contribution is 2.37. The summed E-state index contributed by atoms with van der Waals surface area (Å²) in [6.07, 6.45) is -4.59. The number of ether oxygens (including phenoxy) is 1. The number of nitrogens with zero attached hydrogens (tertiary/aromatic N) is 1. The SMILES string of the molecule is CCOc1ccc(NC(=O)NCCC(=O)N(C)C)c(C(F)(F)F)c1. The molecule has 1 aromatic rings. The molecule has 9 heteroatoms. The van der Waals surface area contributed by atoms with Crippen LogP contribution in [0.2, 0.25) is 0 Å². The lowest BCUT2D eigenvalue weighted by atomic mass is 10.1. The zero-order valence-electron chi connectivity index (χ0n) is 13.7. The number of urea groups is 1. The van der Waals surface area contributed by atoms with Crippen molar-refractivity contribution in [2.24, 2.45) is 0 Å². The summed E-state index contributed by atoms with van der Waals surface area (Å²) in [7, 11) is 3.13. The zero-order valence-corrected chi connectivity index (χ0v) is 13.7. The molecule has 0 radical (unpaired) electrons. The quantitative estimate of drug-likeness (QED) is 0.831. The molecule has 0 aromatic heterocycles. The zero-order chi connectivity index (χ0) is 18.3. The number of benzene rings is 1. The van der Waals surface area contributed by atoms with E-state index in [1.54, 1.807) is 21.0 Å². The molecule has 0 aliphatic heterocycles. The van der Waals surface area contributed by atoms with E-state index in [0.29, 0.717) is 0 Å². The third-order valence-corrected chi connectivity index (χ3v) is 2.98. The van der Waals surface area contributed by atoms with Gasteiger partial charge in [-0.05, 0) is 25.1 Å². The highest BCUT2D eigenvalue weighted by Gasteiger charge is 2.34. The lowest BCUT2D eigenvalue weighted by molar-refractivity contribution is -0.137. The van der Waals surface area contributed by atoms with Crippen molar-refractivity contribution in [1.82, 2.24) is 10.2 Å². The number of rotatable bonds is 6. The summed E-state index contributed by atoms with van der Waals surface area (Å²) in [4.78, 5) is 24.4. The lowest BCUT2D eigenvalue weighted by Crippen LogP contribution is -2.33. The van der Waals surface area contributed by atoms with Crippen LogP contribution in [0.3, 0.4) is 0 Å². The van der Waals surface area contributed by atoms with Crippen LogP contribution in [0.15, 0.2) is 18.2 Å². The van der Waals surface area contributed by atoms with Gasteiger partial charge in [0.05, 0.1) is 17.9 Å². The monoisotopic (exact) mass is 347 g/mol. The van der Waals surface area contributed by atoms with Gasteiger partial charge in [-0.25, -0.2) is 4.79 Å². The summed E-state index contributed by atoms with van der Waals surface area (Å²) in [5, 5.41) is 4.48. The van der Waals surface area contributed by atoms with Gasteiger partial charge < -0.3 is 20.3 Å². The van der Waals surface area contributed by atoms with E-state index in [-0.39, 0.29) is 36.9 Å². The van der Waals surface area contributed by atoms with Crippen LogP contribution in [0.5, 0.6) is 5.75 Å². The van der Waals surface area contributed by atoms with Crippen molar-refractivity contribution in [3.63, 3.8) is 0 Å². The van der Waals surface area contributed by atoms with Gasteiger partial charge >= 0.3 is 12.2 Å². The Kier molecular flexibility index (Phi) is 6.87. The minimum Gasteiger partial charge on any atom is -0.494 e. The number of carbonyl (C=O) groups is 2. The molecule has 1 aromatic carbocycles. The molecule has 0 bridgehead atoms. The van der Waals surface area contributed by atoms with Gasteiger partial charge in [0.25, 0.3) is 0 Å². The molecule has 0 saturated heterocycles. The third-order valence-electron chi connectivity index (χ3n) is 2.98. The van der Waals surface area contributed by atoms with Gasteiger partial charge in [0, 0.05) is 27.1 Å². The van der Waals surface area contributed by atoms with Crippen molar-refractivity contribution in [1.29, 1.82) is 0 Å². The van der Waals surface area contributed by atoms with E-state index >= 15 is 0 Å². The Morgan fingerprint density at radius 2 is 1.92 bits per heavy atom. The lowest BCUT2D eigenvalue weighted by Gasteiger charge is -2.16. The number of alkyl halides is 3. The minimum atomic E-state index is -4.64. The summed E-state index contributed by atoms with van der Waals surface area (Å²) in [5.41, 5.74) is -1.39. The van der Waals surface area contributed by atoms with Crippen LogP contribution >= 0.6 is 0 Å². The van der Waals surface area contributed by atoms with Gasteiger partial charge in [0.15, 0.2) is 0 Å². The fourth-order valence-corrected chi connectivity index (χ4v) is 1.80. The van der Waals surface area contributed by atoms with Crippen LogP contribution in [-0.4, -0.2) is 44.1 Å². The largest absolute Gasteiger partial charge is 0.494 e. The second-order valence-corrected chi connectivity index (χ2v) is 5.06. The van der Waals surface area contributed by atoms with Gasteiger partial charge in [0.2, 0.25) is 5.91 Å². The van der Waals surface area contributed by atoms with Crippen molar-refractivity contribution in [2.75, 3.05) is 32.6 Å². The molecule has 0 unspecified atom stereocenters. The second kappa shape index (κ2) is 8.42. The standard InChI is InChI=1S/C15H20F3N3O3/c1-4-24-10-5-6-12(11(9-10)15(16,17)18)20-14(23)19-8-7-13(22)21(2)3/h5-6,9H,4,7-8H2,1-3H3,(H2,19,20,23). The molecular formula is C15H20F3N3O3. The molecule has 6 nitrogen and oxygen atoms in total. The molecule has 0 aliphatic carbocycles. The van der Waals surface area contributed by atoms with E-state index in [9.17, 15) is 22.8 Å². The molecule has 134 valence electrons. The predicted octanol–water partition coefficient (Wildman–Crippen LogP) is 2.70. The van der Waals surface area contributed by atoms with Crippen LogP contribution in [0.1, 0.15) is 18.9 Å². The molecule has 3 amide bonds. The Labute approximate surface area is 138 Å². The van der Waals surface area contributed by atoms with E-state index < -0.39 is 17.8 Å². The molecule has 1 rings (SSSR count). The molecular weight excluding hydrogens is 327 g/mol. The Balaban J connectivity index is 2.75. The Bertz CT molecular complexity index is 589. The summed E-state index contributed by atoms with van der Waals surface area (Å²) in [5.74, 6) is -0.139. The van der Waals surface area contributed by atoms with Gasteiger partial charge in [-0.1, -0.05) is 0 Å². The Hall–Kier alpha value is -2.45. The highest BCUT2D eigenvalue weighted by atomic mass is 19.4. The molecule has 0 fully saturated rings. The third kappa shape index (κ3) is 5.98. The van der Waals surface area contributed by atoms with E-state index in [4.69, 9.17) is 4.74 Å². The van der Waals surface area contributed by atoms with Crippen LogP contribution in [0.25, 0.3) is 0 Å². The minimum absolute atomic E-state index is 0.0151. The molecule has 0 aliphatic rings. The first kappa shape index (κ1) is 19.6. The molecule has 0 saturated carbocycles. The Morgan fingerprint density at radius 3 is 2.46 bits per heavy atom. The van der Waals surface area contributed by atoms with E-state index in [2.05, 4.69) is 10.6 Å². The molecule has 0 heterocycles. The molecule has 0 atom stereocenters. The second-order valence-electron chi connectivity index (χ2n) is 5.06. The van der Waals surface area contributed by atoms with Crippen molar-refractivity contribution in [2.45, 2.75) is 19.5 Å². The first-order valence-corrected chi connectivity index (χ1v) is 7.24. The summed E-state index contributed by atoms with van der Waals surface area (Å²) < 4.78 is 44.3. The number of nitrogens with one attached hydrogen (secondary N) is 2. The topological polar surface area (TPSA) is 70.7 Å². The first-order chi connectivity index (χ1) is 11.1. The fraction of sp³-hybridized carbons (Fsp3) is 0.467. The number of hydrogen-bond acceptors (Lipinski definition) is 3. The smallest absolute Gasteiger partial charge is 0.418 e. The maximum atomic E-state index is 13.1. The number of hydrogen-bond donors (Lipinski definition) is 2. The predicted molar refractivity (Wildman–Crippen MR) is 82.9 cm³/mol. The normalized spacial score (nSPS) is 10.9. The number of carbonyl (C=O) groups excluding carboxylic acids is 2. The van der Waals surface area contributed by atoms with Crippen molar-refractivity contribution >= 4 is 17.6 Å². The molecule has 2 N–H and O–H groups in total. The molecule has 0 spiro atoms. The average Bonchev–Trinajstić information content (AvgIpc) is 2.47.